The van der Waals surface area contributed by atoms with Gasteiger partial charge < -0.3 is 14.2 Å². The van der Waals surface area contributed by atoms with E-state index in [0.717, 1.165) is 39.0 Å². The van der Waals surface area contributed by atoms with Crippen LogP contribution < -0.4 is 9.47 Å². The van der Waals surface area contributed by atoms with Crippen molar-refractivity contribution in [3.63, 3.8) is 0 Å². The number of hydrogen-bond acceptors (Lipinski definition) is 4. The maximum absolute atomic E-state index is 11.5. The Bertz CT molecular complexity index is 1240. The Hall–Kier alpha value is -4.05. The molecule has 4 aromatic carbocycles. The highest BCUT2D eigenvalue weighted by Crippen LogP contribution is 2.40. The number of carbonyl (C=O) groups is 1. The number of fused-ring (bicyclic) bond motifs is 1. The number of benzene rings is 4. The summed E-state index contributed by atoms with van der Waals surface area (Å²) in [4.78, 5) is 11.5. The van der Waals surface area contributed by atoms with Crippen LogP contribution in [0.15, 0.2) is 91.0 Å². The van der Waals surface area contributed by atoms with E-state index in [1.165, 1.54) is 6.08 Å². The molecule has 160 valence electrons. The van der Waals surface area contributed by atoms with Crippen LogP contribution >= 0.6 is 0 Å². The van der Waals surface area contributed by atoms with Gasteiger partial charge in [0.15, 0.2) is 0 Å². The van der Waals surface area contributed by atoms with Crippen molar-refractivity contribution < 1.29 is 19.0 Å². The normalized spacial score (nSPS) is 10.9. The van der Waals surface area contributed by atoms with Gasteiger partial charge in [0.1, 0.15) is 17.2 Å². The van der Waals surface area contributed by atoms with Gasteiger partial charge in [-0.2, -0.15) is 0 Å². The van der Waals surface area contributed by atoms with Crippen molar-refractivity contribution >= 4 is 22.8 Å². The molecule has 4 heteroatoms. The topological polar surface area (TPSA) is 44.8 Å². The van der Waals surface area contributed by atoms with Crippen LogP contribution in [0.5, 0.6) is 17.2 Å². The molecule has 0 heterocycles. The fourth-order valence-electron chi connectivity index (χ4n) is 3.47. The Morgan fingerprint density at radius 2 is 1.56 bits per heavy atom. The molecular weight excluding hydrogens is 400 g/mol. The summed E-state index contributed by atoms with van der Waals surface area (Å²) in [6, 6.07) is 27.9. The summed E-state index contributed by atoms with van der Waals surface area (Å²) in [5.74, 6) is 1.96. The summed E-state index contributed by atoms with van der Waals surface area (Å²) in [6.45, 7) is 2.14. The number of methoxy groups -OCH3 is 1. The molecule has 4 nitrogen and oxygen atoms in total. The molecule has 0 saturated heterocycles. The van der Waals surface area contributed by atoms with Crippen LogP contribution in [0, 0.1) is 0 Å². The molecule has 0 unspecified atom stereocenters. The average Bonchev–Trinajstić information content (AvgIpc) is 2.84. The van der Waals surface area contributed by atoms with Gasteiger partial charge in [-0.05, 0) is 59.8 Å². The van der Waals surface area contributed by atoms with Gasteiger partial charge in [0, 0.05) is 17.0 Å². The lowest BCUT2D eigenvalue weighted by Crippen LogP contribution is -1.98. The van der Waals surface area contributed by atoms with Gasteiger partial charge in [-0.1, -0.05) is 54.6 Å². The van der Waals surface area contributed by atoms with Gasteiger partial charge in [-0.15, -0.1) is 0 Å². The molecular formula is C28H24O4. The lowest BCUT2D eigenvalue weighted by atomic mass is 9.99. The summed E-state index contributed by atoms with van der Waals surface area (Å²) in [7, 11) is 1.66. The molecule has 0 aromatic heterocycles. The van der Waals surface area contributed by atoms with Gasteiger partial charge in [0.2, 0.25) is 0 Å². The zero-order valence-corrected chi connectivity index (χ0v) is 18.1. The van der Waals surface area contributed by atoms with Gasteiger partial charge in [0.05, 0.1) is 13.7 Å². The van der Waals surface area contributed by atoms with E-state index in [-0.39, 0.29) is 5.97 Å². The molecule has 0 radical (unpaired) electrons. The first-order chi connectivity index (χ1) is 15.7. The zero-order valence-electron chi connectivity index (χ0n) is 18.1. The van der Waals surface area contributed by atoms with Crippen LogP contribution in [0.2, 0.25) is 0 Å². The molecule has 4 aromatic rings. The number of rotatable bonds is 7. The van der Waals surface area contributed by atoms with Crippen molar-refractivity contribution in [3.05, 3.63) is 96.6 Å². The zero-order chi connectivity index (χ0) is 22.3. The molecule has 32 heavy (non-hydrogen) atoms. The van der Waals surface area contributed by atoms with Gasteiger partial charge in [0.25, 0.3) is 0 Å². The van der Waals surface area contributed by atoms with Crippen LogP contribution in [0.3, 0.4) is 0 Å². The Labute approximate surface area is 187 Å². The quantitative estimate of drug-likeness (QED) is 0.239. The van der Waals surface area contributed by atoms with E-state index >= 15 is 0 Å². The average molecular weight is 424 g/mol. The first-order valence-corrected chi connectivity index (χ1v) is 10.5. The molecule has 0 fully saturated rings. The minimum Gasteiger partial charge on any atom is -0.497 e. The van der Waals surface area contributed by atoms with Gasteiger partial charge in [-0.25, -0.2) is 4.79 Å². The van der Waals surface area contributed by atoms with Crippen molar-refractivity contribution in [2.24, 2.45) is 0 Å². The lowest BCUT2D eigenvalue weighted by Gasteiger charge is -2.15. The molecule has 0 aliphatic carbocycles. The van der Waals surface area contributed by atoms with Crippen LogP contribution in [0.1, 0.15) is 12.5 Å². The maximum atomic E-state index is 11.5. The molecule has 0 spiro atoms. The second-order valence-electron chi connectivity index (χ2n) is 7.15. The van der Waals surface area contributed by atoms with Crippen molar-refractivity contribution in [3.8, 4) is 28.4 Å². The van der Waals surface area contributed by atoms with E-state index in [9.17, 15) is 4.79 Å². The minimum absolute atomic E-state index is 0.354. The summed E-state index contributed by atoms with van der Waals surface area (Å²) in [5, 5.41) is 2.14. The van der Waals surface area contributed by atoms with E-state index < -0.39 is 0 Å². The number of esters is 1. The lowest BCUT2D eigenvalue weighted by molar-refractivity contribution is -0.137. The molecule has 0 amide bonds. The van der Waals surface area contributed by atoms with Crippen molar-refractivity contribution in [2.45, 2.75) is 6.92 Å². The summed E-state index contributed by atoms with van der Waals surface area (Å²) < 4.78 is 16.6. The summed E-state index contributed by atoms with van der Waals surface area (Å²) >= 11 is 0. The van der Waals surface area contributed by atoms with Gasteiger partial charge >= 0.3 is 5.97 Å². The van der Waals surface area contributed by atoms with Crippen molar-refractivity contribution in [1.82, 2.24) is 0 Å². The third-order valence-electron chi connectivity index (χ3n) is 5.08. The third-order valence-corrected chi connectivity index (χ3v) is 5.08. The third kappa shape index (κ3) is 4.81. The fraction of sp³-hybridized carbons (Fsp3) is 0.107. The molecule has 0 N–H and O–H groups in total. The van der Waals surface area contributed by atoms with Crippen LogP contribution in [-0.4, -0.2) is 19.7 Å². The van der Waals surface area contributed by atoms with E-state index in [0.29, 0.717) is 12.4 Å². The van der Waals surface area contributed by atoms with E-state index in [2.05, 4.69) is 24.3 Å². The standard InChI is InChI=1S/C28H24O4/c1-3-31-27(29)19-10-20-8-14-24(15-9-20)32-28-25-7-5-4-6-21(25)13-18-26(28)22-11-16-23(30-2)17-12-22/h4-19H,3H2,1-2H3. The van der Waals surface area contributed by atoms with E-state index in [1.54, 1.807) is 20.1 Å². The van der Waals surface area contributed by atoms with E-state index in [4.69, 9.17) is 14.2 Å². The SMILES string of the molecule is CCOC(=O)C=Cc1ccc(Oc2c(-c3ccc(OC)cc3)ccc3ccccc23)cc1. The highest BCUT2D eigenvalue weighted by atomic mass is 16.5. The van der Waals surface area contributed by atoms with Crippen LogP contribution in [0.4, 0.5) is 0 Å². The van der Waals surface area contributed by atoms with Crippen LogP contribution in [0.25, 0.3) is 28.0 Å². The molecule has 0 aliphatic heterocycles. The number of ether oxygens (including phenoxy) is 3. The molecule has 0 atom stereocenters. The smallest absolute Gasteiger partial charge is 0.330 e. The first kappa shape index (κ1) is 21.2. The minimum atomic E-state index is -0.354. The maximum Gasteiger partial charge on any atom is 0.330 e. The predicted molar refractivity (Wildman–Crippen MR) is 128 cm³/mol. The molecule has 0 bridgehead atoms. The van der Waals surface area contributed by atoms with Crippen LogP contribution in [-0.2, 0) is 9.53 Å². The highest BCUT2D eigenvalue weighted by Gasteiger charge is 2.12. The largest absolute Gasteiger partial charge is 0.497 e. The fourth-order valence-corrected chi connectivity index (χ4v) is 3.47. The Morgan fingerprint density at radius 3 is 2.28 bits per heavy atom. The second-order valence-corrected chi connectivity index (χ2v) is 7.15. The van der Waals surface area contributed by atoms with E-state index in [1.807, 2.05) is 60.7 Å². The predicted octanol–water partition coefficient (Wildman–Crippen LogP) is 6.88. The number of carbonyl (C=O) groups excluding carboxylic acids is 1. The molecule has 0 aliphatic rings. The Balaban J connectivity index is 1.67. The second kappa shape index (κ2) is 9.84. The Morgan fingerprint density at radius 1 is 0.844 bits per heavy atom. The first-order valence-electron chi connectivity index (χ1n) is 10.5. The van der Waals surface area contributed by atoms with Crippen molar-refractivity contribution in [2.75, 3.05) is 13.7 Å². The van der Waals surface area contributed by atoms with Crippen molar-refractivity contribution in [1.29, 1.82) is 0 Å². The number of hydrogen-bond donors (Lipinski definition) is 0. The summed E-state index contributed by atoms with van der Waals surface area (Å²) in [6.07, 6.45) is 3.15. The molecule has 0 saturated carbocycles. The summed E-state index contributed by atoms with van der Waals surface area (Å²) in [5.41, 5.74) is 2.93. The molecule has 4 rings (SSSR count). The monoisotopic (exact) mass is 424 g/mol. The van der Waals surface area contributed by atoms with Gasteiger partial charge in [-0.3, -0.25) is 0 Å². The highest BCUT2D eigenvalue weighted by molar-refractivity contribution is 5.95. The Kier molecular flexibility index (Phi) is 6.52.